The number of benzene rings is 2. The third-order valence-corrected chi connectivity index (χ3v) is 5.22. The van der Waals surface area contributed by atoms with Crippen LogP contribution in [0.3, 0.4) is 0 Å². The number of aryl methyl sites for hydroxylation is 1. The van der Waals surface area contributed by atoms with Crippen LogP contribution in [0.4, 0.5) is 5.69 Å². The summed E-state index contributed by atoms with van der Waals surface area (Å²) in [5.41, 5.74) is 1.97. The van der Waals surface area contributed by atoms with E-state index < -0.39 is 17.7 Å². The number of ether oxygens (including phenoxy) is 2. The van der Waals surface area contributed by atoms with E-state index in [1.807, 2.05) is 6.92 Å². The van der Waals surface area contributed by atoms with E-state index in [2.05, 4.69) is 0 Å². The maximum atomic E-state index is 13.0. The maximum absolute atomic E-state index is 13.0. The second-order valence-corrected chi connectivity index (χ2v) is 7.10. The Hall–Kier alpha value is -2.99. The fraction of sp³-hybridized carbons (Fsp3) is 0.273. The number of amides is 1. The Morgan fingerprint density at radius 1 is 1.14 bits per heavy atom. The fourth-order valence-electron chi connectivity index (χ4n) is 3.51. The monoisotopic (exact) mass is 415 g/mol. The van der Waals surface area contributed by atoms with Crippen molar-refractivity contribution in [2.75, 3.05) is 19.1 Å². The molecule has 0 fully saturated rings. The van der Waals surface area contributed by atoms with E-state index in [1.165, 1.54) is 19.1 Å². The van der Waals surface area contributed by atoms with Crippen molar-refractivity contribution in [3.05, 3.63) is 63.9 Å². The van der Waals surface area contributed by atoms with E-state index in [0.29, 0.717) is 27.8 Å². The third-order valence-electron chi connectivity index (χ3n) is 4.98. The molecule has 1 amide bonds. The minimum absolute atomic E-state index is 0.0593. The van der Waals surface area contributed by atoms with E-state index in [1.54, 1.807) is 43.3 Å². The average Bonchev–Trinajstić information content (AvgIpc) is 2.99. The molecule has 1 unspecified atom stereocenters. The Morgan fingerprint density at radius 3 is 2.45 bits per heavy atom. The predicted molar refractivity (Wildman–Crippen MR) is 111 cm³/mol. The van der Waals surface area contributed by atoms with Crippen LogP contribution in [0, 0.1) is 6.92 Å². The molecule has 0 saturated heterocycles. The Morgan fingerprint density at radius 2 is 1.83 bits per heavy atom. The summed E-state index contributed by atoms with van der Waals surface area (Å²) in [5, 5.41) is 11.0. The van der Waals surface area contributed by atoms with Crippen molar-refractivity contribution in [2.24, 2.45) is 0 Å². The second-order valence-electron chi connectivity index (χ2n) is 6.66. The summed E-state index contributed by atoms with van der Waals surface area (Å²) in [6, 6.07) is 9.48. The van der Waals surface area contributed by atoms with E-state index in [9.17, 15) is 14.7 Å². The Kier molecular flexibility index (Phi) is 5.84. The minimum Gasteiger partial charge on any atom is -0.503 e. The molecule has 1 aliphatic rings. The van der Waals surface area contributed by atoms with Crippen LogP contribution in [0.25, 0.3) is 0 Å². The standard InChI is InChI=1S/C22H22ClNO5/c1-5-16(25)19-20(13-7-9-17(28-3)18(10-13)29-4)24(22(27)21(19)26)15-11-14(23)8-6-12(15)2/h6-11,20,26H,5H2,1-4H3. The molecule has 0 aliphatic carbocycles. The van der Waals surface area contributed by atoms with Crippen LogP contribution in [0.15, 0.2) is 47.7 Å². The lowest BCUT2D eigenvalue weighted by Crippen LogP contribution is -2.31. The zero-order valence-electron chi connectivity index (χ0n) is 16.7. The van der Waals surface area contributed by atoms with Crippen LogP contribution in [0.1, 0.15) is 30.5 Å². The maximum Gasteiger partial charge on any atom is 0.294 e. The molecule has 0 bridgehead atoms. The highest BCUT2D eigenvalue weighted by atomic mass is 35.5. The second kappa shape index (κ2) is 8.17. The van der Waals surface area contributed by atoms with Crippen molar-refractivity contribution in [3.8, 4) is 11.5 Å². The van der Waals surface area contributed by atoms with E-state index >= 15 is 0 Å². The zero-order chi connectivity index (χ0) is 21.3. The molecular weight excluding hydrogens is 394 g/mol. The summed E-state index contributed by atoms with van der Waals surface area (Å²) in [6.45, 7) is 3.52. The molecule has 6 nitrogen and oxygen atoms in total. The smallest absolute Gasteiger partial charge is 0.294 e. The van der Waals surface area contributed by atoms with Gasteiger partial charge in [-0.2, -0.15) is 0 Å². The molecule has 2 aromatic rings. The van der Waals surface area contributed by atoms with Crippen molar-refractivity contribution in [1.29, 1.82) is 0 Å². The highest BCUT2D eigenvalue weighted by Gasteiger charge is 2.44. The van der Waals surface area contributed by atoms with Crippen molar-refractivity contribution in [2.45, 2.75) is 26.3 Å². The molecule has 152 valence electrons. The summed E-state index contributed by atoms with van der Waals surface area (Å²) in [4.78, 5) is 27.1. The Labute approximate surface area is 174 Å². The third kappa shape index (κ3) is 3.56. The number of nitrogens with zero attached hydrogens (tertiary/aromatic N) is 1. The van der Waals surface area contributed by atoms with Crippen molar-refractivity contribution in [3.63, 3.8) is 0 Å². The molecule has 0 saturated carbocycles. The molecule has 7 heteroatoms. The van der Waals surface area contributed by atoms with Gasteiger partial charge in [0.1, 0.15) is 0 Å². The molecule has 1 atom stereocenters. The lowest BCUT2D eigenvalue weighted by molar-refractivity contribution is -0.118. The van der Waals surface area contributed by atoms with Crippen LogP contribution >= 0.6 is 11.6 Å². The Bertz CT molecular complexity index is 1010. The van der Waals surface area contributed by atoms with Crippen LogP contribution in [0.5, 0.6) is 11.5 Å². The first-order chi connectivity index (χ1) is 13.8. The number of aliphatic hydroxyl groups excluding tert-OH is 1. The Balaban J connectivity index is 2.25. The van der Waals surface area contributed by atoms with Gasteiger partial charge in [-0.15, -0.1) is 0 Å². The largest absolute Gasteiger partial charge is 0.503 e. The van der Waals surface area contributed by atoms with Crippen molar-refractivity contribution >= 4 is 29.0 Å². The zero-order valence-corrected chi connectivity index (χ0v) is 17.4. The lowest BCUT2D eigenvalue weighted by atomic mass is 9.94. The fourth-order valence-corrected chi connectivity index (χ4v) is 3.68. The van der Waals surface area contributed by atoms with E-state index in [0.717, 1.165) is 5.56 Å². The number of carbonyl (C=O) groups is 2. The van der Waals surface area contributed by atoms with Crippen LogP contribution < -0.4 is 14.4 Å². The van der Waals surface area contributed by atoms with Crippen molar-refractivity contribution < 1.29 is 24.2 Å². The minimum atomic E-state index is -0.813. The first-order valence-electron chi connectivity index (χ1n) is 9.12. The molecule has 0 aromatic heterocycles. The molecule has 1 N–H and O–H groups in total. The highest BCUT2D eigenvalue weighted by Crippen LogP contribution is 2.44. The predicted octanol–water partition coefficient (Wildman–Crippen LogP) is 4.54. The molecule has 29 heavy (non-hydrogen) atoms. The van der Waals surface area contributed by atoms with E-state index in [4.69, 9.17) is 21.1 Å². The van der Waals surface area contributed by atoms with Gasteiger partial charge in [0, 0.05) is 17.1 Å². The van der Waals surface area contributed by atoms with Gasteiger partial charge in [0.2, 0.25) is 0 Å². The first kappa shape index (κ1) is 20.7. The summed E-state index contributed by atoms with van der Waals surface area (Å²) in [6.07, 6.45) is 0.152. The number of carbonyl (C=O) groups excluding carboxylic acids is 2. The number of methoxy groups -OCH3 is 2. The van der Waals surface area contributed by atoms with Crippen molar-refractivity contribution in [1.82, 2.24) is 0 Å². The number of Topliss-reactive ketones (excluding diaryl/α,β-unsaturated/α-hetero) is 1. The van der Waals surface area contributed by atoms with Crippen LogP contribution in [0.2, 0.25) is 5.02 Å². The molecule has 1 aliphatic heterocycles. The number of aliphatic hydroxyl groups is 1. The van der Waals surface area contributed by atoms with Gasteiger partial charge in [-0.25, -0.2) is 0 Å². The number of hydrogen-bond donors (Lipinski definition) is 1. The molecule has 3 rings (SSSR count). The van der Waals surface area contributed by atoms with Crippen LogP contribution in [-0.4, -0.2) is 31.0 Å². The molecule has 1 heterocycles. The summed E-state index contributed by atoms with van der Waals surface area (Å²) < 4.78 is 10.7. The summed E-state index contributed by atoms with van der Waals surface area (Å²) in [7, 11) is 3.03. The number of anilines is 1. The van der Waals surface area contributed by atoms with Gasteiger partial charge in [-0.05, 0) is 42.3 Å². The number of ketones is 1. The summed E-state index contributed by atoms with van der Waals surface area (Å²) in [5.74, 6) is -0.529. The number of halogens is 1. The molecule has 0 radical (unpaired) electrons. The molecule has 0 spiro atoms. The van der Waals surface area contributed by atoms with Crippen LogP contribution in [-0.2, 0) is 9.59 Å². The topological polar surface area (TPSA) is 76.1 Å². The van der Waals surface area contributed by atoms with Gasteiger partial charge in [-0.3, -0.25) is 14.5 Å². The first-order valence-corrected chi connectivity index (χ1v) is 9.49. The molecule has 2 aromatic carbocycles. The van der Waals surface area contributed by atoms with Gasteiger partial charge < -0.3 is 14.6 Å². The quantitative estimate of drug-likeness (QED) is 0.749. The number of rotatable bonds is 6. The SMILES string of the molecule is CCC(=O)C1=C(O)C(=O)N(c2cc(Cl)ccc2C)C1c1ccc(OC)c(OC)c1. The lowest BCUT2D eigenvalue weighted by Gasteiger charge is -2.28. The van der Waals surface area contributed by atoms with E-state index in [-0.39, 0.29) is 17.8 Å². The van der Waals surface area contributed by atoms with Gasteiger partial charge in [0.25, 0.3) is 5.91 Å². The van der Waals surface area contributed by atoms with Gasteiger partial charge >= 0.3 is 0 Å². The normalized spacial score (nSPS) is 16.4. The van der Waals surface area contributed by atoms with Gasteiger partial charge in [-0.1, -0.05) is 30.7 Å². The highest BCUT2D eigenvalue weighted by molar-refractivity contribution is 6.31. The number of hydrogen-bond acceptors (Lipinski definition) is 5. The van der Waals surface area contributed by atoms with Gasteiger partial charge in [0.05, 0.1) is 25.8 Å². The summed E-state index contributed by atoms with van der Waals surface area (Å²) >= 11 is 6.17. The van der Waals surface area contributed by atoms with Gasteiger partial charge in [0.15, 0.2) is 23.0 Å². The molecular formula is C22H22ClNO5. The average molecular weight is 416 g/mol.